The lowest BCUT2D eigenvalue weighted by Crippen LogP contribution is -1.91. The van der Waals surface area contributed by atoms with Gasteiger partial charge in [-0.3, -0.25) is 0 Å². The van der Waals surface area contributed by atoms with Crippen molar-refractivity contribution in [3.05, 3.63) is 83.9 Å². The topological polar surface area (TPSA) is 47.6 Å². The SMILES string of the molecule is N#Cc1cc(C#N)c(-c2ccccc2)cc1-c1ccccc1. The Morgan fingerprint density at radius 3 is 1.32 bits per heavy atom. The van der Waals surface area contributed by atoms with E-state index in [0.29, 0.717) is 11.1 Å². The Bertz CT molecular complexity index is 810. The molecular formula is C20H12N2. The van der Waals surface area contributed by atoms with Crippen LogP contribution < -0.4 is 0 Å². The zero-order chi connectivity index (χ0) is 15.4. The second-order valence-corrected chi connectivity index (χ2v) is 4.90. The summed E-state index contributed by atoms with van der Waals surface area (Å²) < 4.78 is 0. The molecule has 0 aliphatic rings. The number of hydrogen-bond donors (Lipinski definition) is 0. The predicted molar refractivity (Wildman–Crippen MR) is 86.7 cm³/mol. The summed E-state index contributed by atoms with van der Waals surface area (Å²) >= 11 is 0. The van der Waals surface area contributed by atoms with E-state index in [1.165, 1.54) is 0 Å². The number of hydrogen-bond acceptors (Lipinski definition) is 2. The summed E-state index contributed by atoms with van der Waals surface area (Å²) in [6.45, 7) is 0. The van der Waals surface area contributed by atoms with Gasteiger partial charge in [-0.15, -0.1) is 0 Å². The van der Waals surface area contributed by atoms with Crippen LogP contribution in [0.4, 0.5) is 0 Å². The van der Waals surface area contributed by atoms with Crippen LogP contribution in [0.3, 0.4) is 0 Å². The van der Waals surface area contributed by atoms with Gasteiger partial charge in [0.25, 0.3) is 0 Å². The Balaban J connectivity index is 2.28. The highest BCUT2D eigenvalue weighted by molar-refractivity contribution is 5.81. The van der Waals surface area contributed by atoms with E-state index in [0.717, 1.165) is 22.3 Å². The van der Waals surface area contributed by atoms with Crippen LogP contribution in [-0.4, -0.2) is 0 Å². The van der Waals surface area contributed by atoms with E-state index in [4.69, 9.17) is 0 Å². The molecule has 0 unspecified atom stereocenters. The van der Waals surface area contributed by atoms with Crippen molar-refractivity contribution in [1.82, 2.24) is 0 Å². The van der Waals surface area contributed by atoms with Crippen molar-refractivity contribution in [3.8, 4) is 34.4 Å². The zero-order valence-corrected chi connectivity index (χ0v) is 11.8. The average molecular weight is 280 g/mol. The first-order valence-electron chi connectivity index (χ1n) is 6.92. The molecule has 0 saturated heterocycles. The molecule has 0 aliphatic carbocycles. The minimum atomic E-state index is 0.516. The van der Waals surface area contributed by atoms with Gasteiger partial charge in [0, 0.05) is 11.1 Å². The van der Waals surface area contributed by atoms with Crippen LogP contribution >= 0.6 is 0 Å². The third kappa shape index (κ3) is 2.46. The van der Waals surface area contributed by atoms with Gasteiger partial charge in [0.1, 0.15) is 0 Å². The number of nitriles is 2. The van der Waals surface area contributed by atoms with E-state index in [1.807, 2.05) is 66.7 Å². The van der Waals surface area contributed by atoms with Crippen molar-refractivity contribution < 1.29 is 0 Å². The smallest absolute Gasteiger partial charge is 0.0998 e. The van der Waals surface area contributed by atoms with Crippen molar-refractivity contribution in [2.75, 3.05) is 0 Å². The van der Waals surface area contributed by atoms with Gasteiger partial charge in [-0.25, -0.2) is 0 Å². The van der Waals surface area contributed by atoms with E-state index >= 15 is 0 Å². The van der Waals surface area contributed by atoms with E-state index in [9.17, 15) is 10.5 Å². The summed E-state index contributed by atoms with van der Waals surface area (Å²) in [5, 5.41) is 18.8. The first-order valence-corrected chi connectivity index (χ1v) is 6.92. The molecule has 0 bridgehead atoms. The summed E-state index contributed by atoms with van der Waals surface area (Å²) in [6, 6.07) is 27.5. The van der Waals surface area contributed by atoms with Crippen molar-refractivity contribution in [2.45, 2.75) is 0 Å². The minimum Gasteiger partial charge on any atom is -0.192 e. The lowest BCUT2D eigenvalue weighted by molar-refractivity contribution is 1.44. The molecule has 102 valence electrons. The van der Waals surface area contributed by atoms with Crippen LogP contribution in [0.2, 0.25) is 0 Å². The molecule has 22 heavy (non-hydrogen) atoms. The average Bonchev–Trinajstić information content (AvgIpc) is 2.62. The van der Waals surface area contributed by atoms with Crippen LogP contribution in [0.15, 0.2) is 72.8 Å². The number of rotatable bonds is 2. The largest absolute Gasteiger partial charge is 0.192 e. The molecule has 3 rings (SSSR count). The number of benzene rings is 3. The third-order valence-corrected chi connectivity index (χ3v) is 3.57. The predicted octanol–water partition coefficient (Wildman–Crippen LogP) is 4.76. The van der Waals surface area contributed by atoms with Crippen LogP contribution in [0, 0.1) is 22.7 Å². The number of nitrogens with zero attached hydrogens (tertiary/aromatic N) is 2. The quantitative estimate of drug-likeness (QED) is 0.679. The summed E-state index contributed by atoms with van der Waals surface area (Å²) in [4.78, 5) is 0. The molecule has 0 aliphatic heterocycles. The van der Waals surface area contributed by atoms with Crippen LogP contribution in [-0.2, 0) is 0 Å². The molecule has 0 heterocycles. The molecule has 3 aromatic carbocycles. The maximum absolute atomic E-state index is 9.40. The van der Waals surface area contributed by atoms with Gasteiger partial charge in [0.05, 0.1) is 23.3 Å². The molecule has 2 nitrogen and oxygen atoms in total. The van der Waals surface area contributed by atoms with Gasteiger partial charge in [-0.05, 0) is 23.3 Å². The fraction of sp³-hybridized carbons (Fsp3) is 0. The molecule has 0 radical (unpaired) electrons. The molecule has 0 saturated carbocycles. The lowest BCUT2D eigenvalue weighted by atomic mass is 9.91. The van der Waals surface area contributed by atoms with Crippen LogP contribution in [0.5, 0.6) is 0 Å². The van der Waals surface area contributed by atoms with Crippen molar-refractivity contribution in [1.29, 1.82) is 10.5 Å². The molecule has 0 aromatic heterocycles. The molecule has 3 aromatic rings. The second-order valence-electron chi connectivity index (χ2n) is 4.90. The molecule has 2 heteroatoms. The van der Waals surface area contributed by atoms with Gasteiger partial charge in [-0.2, -0.15) is 10.5 Å². The van der Waals surface area contributed by atoms with Gasteiger partial charge in [0.15, 0.2) is 0 Å². The molecule has 0 atom stereocenters. The highest BCUT2D eigenvalue weighted by Crippen LogP contribution is 2.32. The Morgan fingerprint density at radius 2 is 0.955 bits per heavy atom. The van der Waals surface area contributed by atoms with E-state index in [-0.39, 0.29) is 0 Å². The second kappa shape index (κ2) is 5.95. The van der Waals surface area contributed by atoms with Crippen molar-refractivity contribution in [3.63, 3.8) is 0 Å². The van der Waals surface area contributed by atoms with Gasteiger partial charge >= 0.3 is 0 Å². The van der Waals surface area contributed by atoms with Crippen LogP contribution in [0.1, 0.15) is 11.1 Å². The fourth-order valence-corrected chi connectivity index (χ4v) is 2.50. The van der Waals surface area contributed by atoms with Crippen molar-refractivity contribution >= 4 is 0 Å². The van der Waals surface area contributed by atoms with Crippen molar-refractivity contribution in [2.24, 2.45) is 0 Å². The standard InChI is InChI=1S/C20H12N2/c21-13-17-11-18(14-22)20(16-9-5-2-6-10-16)12-19(17)15-7-3-1-4-8-15/h1-12H. The fourth-order valence-electron chi connectivity index (χ4n) is 2.50. The first-order chi connectivity index (χ1) is 10.8. The monoisotopic (exact) mass is 280 g/mol. The summed E-state index contributed by atoms with van der Waals surface area (Å²) in [5.41, 5.74) is 4.67. The van der Waals surface area contributed by atoms with Gasteiger partial charge < -0.3 is 0 Å². The van der Waals surface area contributed by atoms with E-state index in [1.54, 1.807) is 6.07 Å². The molecule has 0 N–H and O–H groups in total. The minimum absolute atomic E-state index is 0.516. The van der Waals surface area contributed by atoms with E-state index in [2.05, 4.69) is 12.1 Å². The Labute approximate surface area is 129 Å². The maximum Gasteiger partial charge on any atom is 0.0998 e. The Morgan fingerprint density at radius 1 is 0.545 bits per heavy atom. The summed E-state index contributed by atoms with van der Waals surface area (Å²) in [6.07, 6.45) is 0. The highest BCUT2D eigenvalue weighted by Gasteiger charge is 2.12. The van der Waals surface area contributed by atoms with Gasteiger partial charge in [-0.1, -0.05) is 60.7 Å². The molecule has 0 amide bonds. The molecule has 0 spiro atoms. The molecular weight excluding hydrogens is 268 g/mol. The summed E-state index contributed by atoms with van der Waals surface area (Å²) in [7, 11) is 0. The first kappa shape index (κ1) is 13.6. The van der Waals surface area contributed by atoms with Gasteiger partial charge in [0.2, 0.25) is 0 Å². The zero-order valence-electron chi connectivity index (χ0n) is 11.8. The van der Waals surface area contributed by atoms with Crippen LogP contribution in [0.25, 0.3) is 22.3 Å². The Kier molecular flexibility index (Phi) is 3.69. The highest BCUT2D eigenvalue weighted by atomic mass is 14.3. The van der Waals surface area contributed by atoms with E-state index < -0.39 is 0 Å². The normalized spacial score (nSPS) is 9.73. The lowest BCUT2D eigenvalue weighted by Gasteiger charge is -2.10. The summed E-state index contributed by atoms with van der Waals surface area (Å²) in [5.74, 6) is 0. The Hall–Kier alpha value is -3.36. The molecule has 0 fully saturated rings. The third-order valence-electron chi connectivity index (χ3n) is 3.57. The maximum atomic E-state index is 9.40.